The van der Waals surface area contributed by atoms with Crippen molar-refractivity contribution in [3.63, 3.8) is 0 Å². The third-order valence-corrected chi connectivity index (χ3v) is 4.50. The number of benzene rings is 2. The van der Waals surface area contributed by atoms with Gasteiger partial charge in [-0.2, -0.15) is 0 Å². The van der Waals surface area contributed by atoms with Crippen LogP contribution < -0.4 is 0 Å². The highest BCUT2D eigenvalue weighted by Gasteiger charge is 2.20. The SMILES string of the molecule is CCc1ccc(CCC=Cc2cc3c(cc2O)CCC3=O)cc1. The maximum Gasteiger partial charge on any atom is 0.163 e. The van der Waals surface area contributed by atoms with Gasteiger partial charge in [0.2, 0.25) is 0 Å². The lowest BCUT2D eigenvalue weighted by Crippen LogP contribution is -1.92. The quantitative estimate of drug-likeness (QED) is 0.867. The molecule has 0 saturated heterocycles. The minimum Gasteiger partial charge on any atom is -0.507 e. The summed E-state index contributed by atoms with van der Waals surface area (Å²) in [4.78, 5) is 11.8. The summed E-state index contributed by atoms with van der Waals surface area (Å²) in [5.74, 6) is 0.452. The zero-order valence-corrected chi connectivity index (χ0v) is 13.5. The number of hydrogen-bond donors (Lipinski definition) is 1. The zero-order chi connectivity index (χ0) is 16.2. The molecule has 3 rings (SSSR count). The number of carbonyl (C=O) groups is 1. The highest BCUT2D eigenvalue weighted by atomic mass is 16.3. The first kappa shape index (κ1) is 15.5. The van der Waals surface area contributed by atoms with Crippen molar-refractivity contribution in [3.8, 4) is 5.75 Å². The van der Waals surface area contributed by atoms with Crippen molar-refractivity contribution in [1.82, 2.24) is 0 Å². The summed E-state index contributed by atoms with van der Waals surface area (Å²) in [6, 6.07) is 12.3. The van der Waals surface area contributed by atoms with E-state index in [0.717, 1.165) is 42.4 Å². The molecule has 0 radical (unpaired) electrons. The van der Waals surface area contributed by atoms with E-state index in [1.165, 1.54) is 11.1 Å². The molecule has 0 aliphatic heterocycles. The van der Waals surface area contributed by atoms with Gasteiger partial charge in [-0.15, -0.1) is 0 Å². The fraction of sp³-hybridized carbons (Fsp3) is 0.286. The van der Waals surface area contributed by atoms with Crippen molar-refractivity contribution in [2.75, 3.05) is 0 Å². The molecule has 0 aromatic heterocycles. The van der Waals surface area contributed by atoms with Crippen LogP contribution in [0.2, 0.25) is 0 Å². The molecule has 0 spiro atoms. The summed E-state index contributed by atoms with van der Waals surface area (Å²) < 4.78 is 0. The fourth-order valence-electron chi connectivity index (χ4n) is 3.03. The Balaban J connectivity index is 1.64. The lowest BCUT2D eigenvalue weighted by molar-refractivity contribution is 0.0994. The Labute approximate surface area is 137 Å². The van der Waals surface area contributed by atoms with Crippen molar-refractivity contribution < 1.29 is 9.90 Å². The molecular formula is C21H22O2. The molecule has 0 atom stereocenters. The summed E-state index contributed by atoms with van der Waals surface area (Å²) >= 11 is 0. The van der Waals surface area contributed by atoms with E-state index in [0.29, 0.717) is 6.42 Å². The van der Waals surface area contributed by atoms with Crippen LogP contribution in [0, 0.1) is 0 Å². The number of hydrogen-bond acceptors (Lipinski definition) is 2. The number of Topliss-reactive ketones (excluding diaryl/α,β-unsaturated/α-hetero) is 1. The Kier molecular flexibility index (Phi) is 4.61. The second-order valence-electron chi connectivity index (χ2n) is 6.10. The average Bonchev–Trinajstić information content (AvgIpc) is 2.92. The zero-order valence-electron chi connectivity index (χ0n) is 13.5. The first-order valence-corrected chi connectivity index (χ1v) is 8.31. The highest BCUT2D eigenvalue weighted by Crippen LogP contribution is 2.30. The lowest BCUT2D eigenvalue weighted by Gasteiger charge is -2.04. The fourth-order valence-corrected chi connectivity index (χ4v) is 3.03. The average molecular weight is 306 g/mol. The second kappa shape index (κ2) is 6.82. The minimum atomic E-state index is 0.186. The van der Waals surface area contributed by atoms with Crippen molar-refractivity contribution >= 4 is 11.9 Å². The van der Waals surface area contributed by atoms with Gasteiger partial charge in [0, 0.05) is 17.5 Å². The molecule has 2 nitrogen and oxygen atoms in total. The molecule has 0 fully saturated rings. The number of ketones is 1. The molecule has 1 aliphatic carbocycles. The number of phenols is 1. The molecule has 0 bridgehead atoms. The molecule has 1 aliphatic rings. The maximum atomic E-state index is 11.8. The van der Waals surface area contributed by atoms with E-state index >= 15 is 0 Å². The standard InChI is InChI=1S/C21H22O2/c1-2-15-7-9-16(10-8-15)5-3-4-6-18-13-19-17(14-21(18)23)11-12-20(19)22/h4,6-10,13-14,23H,2-3,5,11-12H2,1H3. The number of phenolic OH excluding ortho intramolecular Hbond substituents is 1. The van der Waals surface area contributed by atoms with Gasteiger partial charge in [-0.05, 0) is 54.5 Å². The van der Waals surface area contributed by atoms with Crippen molar-refractivity contribution in [1.29, 1.82) is 0 Å². The van der Waals surface area contributed by atoms with Gasteiger partial charge in [0.05, 0.1) is 0 Å². The van der Waals surface area contributed by atoms with Gasteiger partial charge in [-0.1, -0.05) is 43.3 Å². The number of aromatic hydroxyl groups is 1. The van der Waals surface area contributed by atoms with Gasteiger partial charge in [0.25, 0.3) is 0 Å². The van der Waals surface area contributed by atoms with Crippen LogP contribution in [0.1, 0.15) is 52.4 Å². The highest BCUT2D eigenvalue weighted by molar-refractivity contribution is 6.01. The molecular weight excluding hydrogens is 284 g/mol. The van der Waals surface area contributed by atoms with Crippen molar-refractivity contribution in [2.24, 2.45) is 0 Å². The number of fused-ring (bicyclic) bond motifs is 1. The first-order chi connectivity index (χ1) is 11.2. The van der Waals surface area contributed by atoms with Gasteiger partial charge in [-0.25, -0.2) is 0 Å². The predicted octanol–water partition coefficient (Wildman–Crippen LogP) is 4.73. The van der Waals surface area contributed by atoms with E-state index in [4.69, 9.17) is 0 Å². The van der Waals surface area contributed by atoms with E-state index in [1.807, 2.05) is 12.1 Å². The maximum absolute atomic E-state index is 11.8. The van der Waals surface area contributed by atoms with Crippen LogP contribution >= 0.6 is 0 Å². The van der Waals surface area contributed by atoms with Crippen LogP contribution in [0.15, 0.2) is 42.5 Å². The molecule has 118 valence electrons. The van der Waals surface area contributed by atoms with Crippen LogP contribution in [0.5, 0.6) is 5.75 Å². The molecule has 0 saturated carbocycles. The number of aryl methyl sites for hydroxylation is 3. The summed E-state index contributed by atoms with van der Waals surface area (Å²) in [5, 5.41) is 10.1. The molecule has 1 N–H and O–H groups in total. The van der Waals surface area contributed by atoms with E-state index < -0.39 is 0 Å². The summed E-state index contributed by atoms with van der Waals surface area (Å²) in [7, 11) is 0. The van der Waals surface area contributed by atoms with E-state index in [-0.39, 0.29) is 11.5 Å². The Hall–Kier alpha value is -2.35. The molecule has 0 unspecified atom stereocenters. The Morgan fingerprint density at radius 2 is 1.83 bits per heavy atom. The molecule has 2 aromatic rings. The summed E-state index contributed by atoms with van der Waals surface area (Å²) in [6.45, 7) is 2.16. The van der Waals surface area contributed by atoms with Crippen LogP contribution in [-0.4, -0.2) is 10.9 Å². The van der Waals surface area contributed by atoms with Crippen LogP contribution in [0.4, 0.5) is 0 Å². The van der Waals surface area contributed by atoms with Gasteiger partial charge >= 0.3 is 0 Å². The number of carbonyl (C=O) groups excluding carboxylic acids is 1. The summed E-state index contributed by atoms with van der Waals surface area (Å²) in [6.07, 6.45) is 8.25. The van der Waals surface area contributed by atoms with Crippen molar-refractivity contribution in [2.45, 2.75) is 39.0 Å². The van der Waals surface area contributed by atoms with Gasteiger partial charge < -0.3 is 5.11 Å². The Bertz CT molecular complexity index is 739. The Morgan fingerprint density at radius 1 is 1.09 bits per heavy atom. The van der Waals surface area contributed by atoms with Crippen LogP contribution in [0.25, 0.3) is 6.08 Å². The summed E-state index contributed by atoms with van der Waals surface area (Å²) in [5.41, 5.74) is 5.16. The minimum absolute atomic E-state index is 0.186. The number of rotatable bonds is 5. The molecule has 0 amide bonds. The largest absolute Gasteiger partial charge is 0.507 e. The van der Waals surface area contributed by atoms with Crippen LogP contribution in [-0.2, 0) is 19.3 Å². The third kappa shape index (κ3) is 3.53. The molecule has 23 heavy (non-hydrogen) atoms. The molecule has 2 aromatic carbocycles. The van der Waals surface area contributed by atoms with Gasteiger partial charge in [0.15, 0.2) is 5.78 Å². The van der Waals surface area contributed by atoms with Gasteiger partial charge in [0.1, 0.15) is 5.75 Å². The van der Waals surface area contributed by atoms with E-state index in [1.54, 1.807) is 6.07 Å². The third-order valence-electron chi connectivity index (χ3n) is 4.50. The normalized spacial score (nSPS) is 13.7. The first-order valence-electron chi connectivity index (χ1n) is 8.31. The van der Waals surface area contributed by atoms with Crippen molar-refractivity contribution in [3.05, 3.63) is 70.3 Å². The van der Waals surface area contributed by atoms with E-state index in [2.05, 4.69) is 37.3 Å². The predicted molar refractivity (Wildman–Crippen MR) is 93.9 cm³/mol. The smallest absolute Gasteiger partial charge is 0.163 e. The topological polar surface area (TPSA) is 37.3 Å². The molecule has 2 heteroatoms. The van der Waals surface area contributed by atoms with E-state index in [9.17, 15) is 9.90 Å². The Morgan fingerprint density at radius 3 is 2.57 bits per heavy atom. The molecule has 0 heterocycles. The monoisotopic (exact) mass is 306 g/mol. The van der Waals surface area contributed by atoms with Crippen LogP contribution in [0.3, 0.4) is 0 Å². The second-order valence-corrected chi connectivity index (χ2v) is 6.10. The lowest BCUT2D eigenvalue weighted by atomic mass is 10.0. The van der Waals surface area contributed by atoms with Gasteiger partial charge in [-0.3, -0.25) is 4.79 Å². The number of allylic oxidation sites excluding steroid dienone is 1.